The molecular formula is C12H16I2. The summed E-state index contributed by atoms with van der Waals surface area (Å²) >= 11 is 4.89. The first-order valence-electron chi connectivity index (χ1n) is 5.07. The number of rotatable bonds is 1. The molecule has 78 valence electrons. The molecule has 2 rings (SSSR count). The predicted molar refractivity (Wildman–Crippen MR) is 80.4 cm³/mol. The fourth-order valence-electron chi connectivity index (χ4n) is 1.44. The van der Waals surface area contributed by atoms with E-state index >= 15 is 0 Å². The quantitative estimate of drug-likeness (QED) is 0.449. The molecule has 1 fully saturated rings. The van der Waals surface area contributed by atoms with E-state index < -0.39 is 0 Å². The van der Waals surface area contributed by atoms with E-state index in [0.717, 1.165) is 8.35 Å². The summed E-state index contributed by atoms with van der Waals surface area (Å²) in [6.45, 7) is 0. The average Bonchev–Trinajstić information content (AvgIpc) is 2.71. The van der Waals surface area contributed by atoms with Crippen molar-refractivity contribution in [2.75, 3.05) is 0 Å². The third-order valence-electron chi connectivity index (χ3n) is 2.28. The van der Waals surface area contributed by atoms with E-state index in [-0.39, 0.29) is 0 Å². The lowest BCUT2D eigenvalue weighted by atomic mass is 10.2. The van der Waals surface area contributed by atoms with E-state index in [1.165, 1.54) is 31.2 Å². The Morgan fingerprint density at radius 1 is 1.07 bits per heavy atom. The highest BCUT2D eigenvalue weighted by atomic mass is 127. The first-order chi connectivity index (χ1) is 6.83. The fourth-order valence-corrected chi connectivity index (χ4v) is 2.83. The van der Waals surface area contributed by atoms with Crippen LogP contribution in [0, 0.1) is 0 Å². The van der Waals surface area contributed by atoms with Crippen molar-refractivity contribution in [1.29, 1.82) is 0 Å². The normalized spacial score (nSPS) is 16.1. The van der Waals surface area contributed by atoms with Crippen molar-refractivity contribution < 1.29 is 0 Å². The Hall–Kier alpha value is 0.680. The fraction of sp³-hybridized carbons (Fsp3) is 0.500. The third-order valence-corrected chi connectivity index (χ3v) is 4.41. The Bertz CT molecular complexity index is 227. The molecule has 0 N–H and O–H groups in total. The molecule has 1 aromatic carbocycles. The molecule has 1 aliphatic carbocycles. The maximum atomic E-state index is 2.53. The molecule has 0 radical (unpaired) electrons. The predicted octanol–water partition coefficient (Wildman–Crippen LogP) is 4.99. The van der Waals surface area contributed by atoms with Gasteiger partial charge in [-0.15, -0.1) is 0 Å². The van der Waals surface area contributed by atoms with Gasteiger partial charge in [-0.1, -0.05) is 88.4 Å². The minimum Gasteiger partial charge on any atom is -0.0826 e. The number of halogens is 2. The highest BCUT2D eigenvalue weighted by molar-refractivity contribution is 14.1. The van der Waals surface area contributed by atoms with Crippen molar-refractivity contribution in [3.63, 3.8) is 0 Å². The van der Waals surface area contributed by atoms with Gasteiger partial charge in [-0.25, -0.2) is 0 Å². The van der Waals surface area contributed by atoms with E-state index in [1.54, 1.807) is 0 Å². The second kappa shape index (κ2) is 7.91. The summed E-state index contributed by atoms with van der Waals surface area (Å²) in [5.41, 5.74) is 1.40. The Labute approximate surface area is 114 Å². The summed E-state index contributed by atoms with van der Waals surface area (Å²) in [5, 5.41) is 0. The molecule has 0 bridgehead atoms. The minimum atomic E-state index is 1.02. The Morgan fingerprint density at radius 3 is 1.93 bits per heavy atom. The van der Waals surface area contributed by atoms with Gasteiger partial charge in [-0.3, -0.25) is 0 Å². The van der Waals surface area contributed by atoms with Gasteiger partial charge < -0.3 is 0 Å². The van der Waals surface area contributed by atoms with Crippen molar-refractivity contribution >= 4 is 45.2 Å². The first-order valence-corrected chi connectivity index (χ1v) is 7.84. The number of hydrogen-bond acceptors (Lipinski definition) is 0. The van der Waals surface area contributed by atoms with E-state index in [9.17, 15) is 0 Å². The molecule has 0 unspecified atom stereocenters. The molecule has 0 aliphatic heterocycles. The van der Waals surface area contributed by atoms with Crippen molar-refractivity contribution in [3.05, 3.63) is 35.9 Å². The molecule has 1 aliphatic rings. The molecule has 0 saturated heterocycles. The summed E-state index contributed by atoms with van der Waals surface area (Å²) in [7, 11) is 0. The number of hydrogen-bond donors (Lipinski definition) is 0. The van der Waals surface area contributed by atoms with Crippen LogP contribution in [-0.4, -0.2) is 3.92 Å². The number of alkyl halides is 2. The lowest BCUT2D eigenvalue weighted by molar-refractivity contribution is 0.886. The van der Waals surface area contributed by atoms with Crippen LogP contribution < -0.4 is 0 Å². The Morgan fingerprint density at radius 2 is 1.64 bits per heavy atom. The van der Waals surface area contributed by atoms with E-state index in [0.29, 0.717) is 0 Å². The van der Waals surface area contributed by atoms with Crippen LogP contribution >= 0.6 is 45.2 Å². The van der Waals surface area contributed by atoms with Gasteiger partial charge in [0.2, 0.25) is 0 Å². The van der Waals surface area contributed by atoms with Gasteiger partial charge in [0.15, 0.2) is 0 Å². The van der Waals surface area contributed by atoms with Gasteiger partial charge in [0.25, 0.3) is 0 Å². The van der Waals surface area contributed by atoms with Gasteiger partial charge in [-0.05, 0) is 18.4 Å². The Balaban J connectivity index is 0.000000146. The summed E-state index contributed by atoms with van der Waals surface area (Å²) in [6.07, 6.45) is 5.91. The molecule has 2 heteroatoms. The largest absolute Gasteiger partial charge is 0.0826 e. The molecule has 0 heterocycles. The second-order valence-electron chi connectivity index (χ2n) is 3.50. The molecule has 0 amide bonds. The van der Waals surface area contributed by atoms with Crippen LogP contribution in [-0.2, 0) is 4.43 Å². The van der Waals surface area contributed by atoms with E-state index in [2.05, 4.69) is 69.4 Å². The average molecular weight is 414 g/mol. The molecule has 14 heavy (non-hydrogen) atoms. The molecule has 0 spiro atoms. The summed E-state index contributed by atoms with van der Waals surface area (Å²) in [6, 6.07) is 10.4. The van der Waals surface area contributed by atoms with Crippen LogP contribution in [0.5, 0.6) is 0 Å². The van der Waals surface area contributed by atoms with Gasteiger partial charge in [0.1, 0.15) is 0 Å². The zero-order valence-corrected chi connectivity index (χ0v) is 12.6. The van der Waals surface area contributed by atoms with Crippen LogP contribution in [0.4, 0.5) is 0 Å². The van der Waals surface area contributed by atoms with Gasteiger partial charge in [0, 0.05) is 8.35 Å². The molecule has 0 aromatic heterocycles. The van der Waals surface area contributed by atoms with Crippen LogP contribution in [0.1, 0.15) is 31.2 Å². The first kappa shape index (κ1) is 12.7. The molecule has 1 saturated carbocycles. The van der Waals surface area contributed by atoms with Crippen LogP contribution in [0.15, 0.2) is 30.3 Å². The topological polar surface area (TPSA) is 0 Å². The SMILES string of the molecule is IC1CCCC1.ICc1ccccc1. The van der Waals surface area contributed by atoms with Crippen LogP contribution in [0.25, 0.3) is 0 Å². The van der Waals surface area contributed by atoms with Crippen molar-refractivity contribution in [2.24, 2.45) is 0 Å². The maximum Gasteiger partial charge on any atom is 0.0247 e. The minimum absolute atomic E-state index is 1.02. The molecule has 0 atom stereocenters. The van der Waals surface area contributed by atoms with Crippen molar-refractivity contribution in [3.8, 4) is 0 Å². The summed E-state index contributed by atoms with van der Waals surface area (Å²) in [4.78, 5) is 0. The molecule has 0 nitrogen and oxygen atoms in total. The van der Waals surface area contributed by atoms with Crippen LogP contribution in [0.3, 0.4) is 0 Å². The smallest absolute Gasteiger partial charge is 0.0247 e. The van der Waals surface area contributed by atoms with Gasteiger partial charge >= 0.3 is 0 Å². The molecular weight excluding hydrogens is 398 g/mol. The third kappa shape index (κ3) is 5.53. The second-order valence-corrected chi connectivity index (χ2v) is 6.03. The van der Waals surface area contributed by atoms with Crippen LogP contribution in [0.2, 0.25) is 0 Å². The summed E-state index contributed by atoms with van der Waals surface area (Å²) < 4.78 is 2.13. The van der Waals surface area contributed by atoms with E-state index in [4.69, 9.17) is 0 Å². The van der Waals surface area contributed by atoms with Crippen molar-refractivity contribution in [2.45, 2.75) is 34.0 Å². The van der Waals surface area contributed by atoms with E-state index in [1.807, 2.05) is 6.07 Å². The standard InChI is InChI=1S/C7H7I.C5H9I/c8-6-7-4-2-1-3-5-7;6-5-3-1-2-4-5/h1-5H,6H2;5H,1-4H2. The highest BCUT2D eigenvalue weighted by Crippen LogP contribution is 2.24. The van der Waals surface area contributed by atoms with Gasteiger partial charge in [-0.2, -0.15) is 0 Å². The zero-order chi connectivity index (χ0) is 10.2. The maximum absolute atomic E-state index is 2.53. The van der Waals surface area contributed by atoms with Gasteiger partial charge in [0.05, 0.1) is 0 Å². The summed E-state index contributed by atoms with van der Waals surface area (Å²) in [5.74, 6) is 0. The lowest BCUT2D eigenvalue weighted by Gasteiger charge is -1.88. The lowest BCUT2D eigenvalue weighted by Crippen LogP contribution is -1.81. The van der Waals surface area contributed by atoms with Crippen molar-refractivity contribution in [1.82, 2.24) is 0 Å². The highest BCUT2D eigenvalue weighted by Gasteiger charge is 2.09. The zero-order valence-electron chi connectivity index (χ0n) is 8.26. The monoisotopic (exact) mass is 414 g/mol. The Kier molecular flexibility index (Phi) is 7.20. The number of benzene rings is 1. The molecule has 1 aromatic rings.